The van der Waals surface area contributed by atoms with E-state index in [1.54, 1.807) is 0 Å². The molecule has 0 aromatic rings. The van der Waals surface area contributed by atoms with Crippen LogP contribution in [0.1, 0.15) is 85.5 Å². The second-order valence-corrected chi connectivity index (χ2v) is 11.8. The van der Waals surface area contributed by atoms with Crippen molar-refractivity contribution in [2.75, 3.05) is 6.61 Å². The van der Waals surface area contributed by atoms with Gasteiger partial charge in [-0.05, 0) is 104 Å². The molecule has 3 N–H and O–H groups in total. The van der Waals surface area contributed by atoms with Crippen molar-refractivity contribution in [3.63, 3.8) is 0 Å². The zero-order valence-electron chi connectivity index (χ0n) is 18.6. The molecule has 0 aromatic carbocycles. The van der Waals surface area contributed by atoms with Gasteiger partial charge in [-0.2, -0.15) is 0 Å². The van der Waals surface area contributed by atoms with Gasteiger partial charge < -0.3 is 15.3 Å². The van der Waals surface area contributed by atoms with E-state index in [2.05, 4.69) is 27.7 Å². The Bertz CT molecular complexity index is 564. The molecule has 4 saturated carbocycles. The lowest BCUT2D eigenvalue weighted by atomic mass is 9.42. The Morgan fingerprint density at radius 3 is 2.46 bits per heavy atom. The molecular formula is C25H44O3. The van der Waals surface area contributed by atoms with Gasteiger partial charge in [-0.15, -0.1) is 0 Å². The van der Waals surface area contributed by atoms with E-state index in [1.807, 2.05) is 0 Å². The molecular weight excluding hydrogens is 348 g/mol. The van der Waals surface area contributed by atoms with Gasteiger partial charge in [0.1, 0.15) is 0 Å². The zero-order valence-corrected chi connectivity index (χ0v) is 18.6. The Morgan fingerprint density at radius 2 is 1.75 bits per heavy atom. The summed E-state index contributed by atoms with van der Waals surface area (Å²) >= 11 is 0. The van der Waals surface area contributed by atoms with Gasteiger partial charge in [0.15, 0.2) is 0 Å². The maximum absolute atomic E-state index is 11.5. The maximum Gasteiger partial charge on any atom is 0.0602 e. The molecule has 0 radical (unpaired) electrons. The number of aliphatic hydroxyl groups is 3. The van der Waals surface area contributed by atoms with Crippen LogP contribution in [0.2, 0.25) is 0 Å². The lowest BCUT2D eigenvalue weighted by molar-refractivity contribution is -0.203. The highest BCUT2D eigenvalue weighted by Crippen LogP contribution is 2.68. The maximum atomic E-state index is 11.5. The number of hydrogen-bond donors (Lipinski definition) is 3. The predicted molar refractivity (Wildman–Crippen MR) is 113 cm³/mol. The summed E-state index contributed by atoms with van der Waals surface area (Å²) in [5, 5.41) is 32.1. The van der Waals surface area contributed by atoms with Crippen LogP contribution < -0.4 is 0 Å². The van der Waals surface area contributed by atoms with Crippen molar-refractivity contribution in [3.8, 4) is 0 Å². The smallest absolute Gasteiger partial charge is 0.0602 e. The lowest BCUT2D eigenvalue weighted by Gasteiger charge is -2.63. The van der Waals surface area contributed by atoms with Gasteiger partial charge in [0, 0.05) is 6.61 Å². The molecule has 0 aromatic heterocycles. The first kappa shape index (κ1) is 21.1. The molecule has 3 nitrogen and oxygen atoms in total. The summed E-state index contributed by atoms with van der Waals surface area (Å²) in [6, 6.07) is 0. The minimum absolute atomic E-state index is 0.0673. The van der Waals surface area contributed by atoms with Crippen molar-refractivity contribution >= 4 is 0 Å². The minimum Gasteiger partial charge on any atom is -0.396 e. The molecule has 4 aliphatic rings. The van der Waals surface area contributed by atoms with Crippen LogP contribution in [0.25, 0.3) is 0 Å². The average Bonchev–Trinajstić information content (AvgIpc) is 3.01. The number of fused-ring (bicyclic) bond motifs is 5. The fraction of sp³-hybridized carbons (Fsp3) is 1.00. The Morgan fingerprint density at radius 1 is 1.00 bits per heavy atom. The van der Waals surface area contributed by atoms with E-state index in [0.29, 0.717) is 40.9 Å². The Hall–Kier alpha value is -0.120. The lowest BCUT2D eigenvalue weighted by Crippen LogP contribution is -2.62. The second-order valence-electron chi connectivity index (χ2n) is 11.8. The molecule has 0 bridgehead atoms. The van der Waals surface area contributed by atoms with Crippen molar-refractivity contribution in [2.45, 2.75) is 97.7 Å². The van der Waals surface area contributed by atoms with E-state index in [-0.39, 0.29) is 24.2 Å². The molecule has 4 fully saturated rings. The summed E-state index contributed by atoms with van der Waals surface area (Å²) in [6.07, 6.45) is 9.54. The van der Waals surface area contributed by atoms with Crippen LogP contribution in [-0.2, 0) is 0 Å². The molecule has 0 saturated heterocycles. The van der Waals surface area contributed by atoms with Crippen LogP contribution in [-0.4, -0.2) is 34.1 Å². The highest BCUT2D eigenvalue weighted by molar-refractivity contribution is 5.14. The van der Waals surface area contributed by atoms with Gasteiger partial charge in [-0.3, -0.25) is 0 Å². The standard InChI is InChI=1S/C25H44O3/c1-15-9-10-24(3)17(12-15)13-21(27)23-19-8-7-18(16(2)6-5-11-26)25(19,4)22(28)14-20(23)24/h15-23,26-28H,5-14H2,1-4H3/t15-,16?,17+,18?,19?,20?,21-,22+,23?,24+,25-/m1/s1. The van der Waals surface area contributed by atoms with Crippen LogP contribution in [0.5, 0.6) is 0 Å². The van der Waals surface area contributed by atoms with Gasteiger partial charge >= 0.3 is 0 Å². The summed E-state index contributed by atoms with van der Waals surface area (Å²) < 4.78 is 0. The molecule has 0 amide bonds. The fourth-order valence-electron chi connectivity index (χ4n) is 8.98. The molecule has 0 heterocycles. The van der Waals surface area contributed by atoms with Gasteiger partial charge in [0.25, 0.3) is 0 Å². The first-order valence-electron chi connectivity index (χ1n) is 12.2. The largest absolute Gasteiger partial charge is 0.396 e. The SMILES string of the molecule is CC(CCCO)C1CCC2C3C(C[C@H](O)[C@]12C)[C@@]1(C)CC[C@@H](C)C[C@H]1C[C@H]3O. The first-order chi connectivity index (χ1) is 13.2. The van der Waals surface area contributed by atoms with Crippen molar-refractivity contribution in [1.29, 1.82) is 0 Å². The molecule has 4 aliphatic carbocycles. The summed E-state index contributed by atoms with van der Waals surface area (Å²) in [6.45, 7) is 9.81. The predicted octanol–water partition coefficient (Wildman–Crippen LogP) is 4.63. The van der Waals surface area contributed by atoms with Crippen LogP contribution >= 0.6 is 0 Å². The zero-order chi connectivity index (χ0) is 20.3. The number of rotatable bonds is 4. The van der Waals surface area contributed by atoms with Gasteiger partial charge in [0.2, 0.25) is 0 Å². The van der Waals surface area contributed by atoms with Crippen molar-refractivity contribution < 1.29 is 15.3 Å². The third-order valence-corrected chi connectivity index (χ3v) is 10.6. The van der Waals surface area contributed by atoms with Crippen LogP contribution in [0.4, 0.5) is 0 Å². The van der Waals surface area contributed by atoms with Gasteiger partial charge in [-0.1, -0.05) is 34.1 Å². The molecule has 5 unspecified atom stereocenters. The minimum atomic E-state index is -0.245. The van der Waals surface area contributed by atoms with Gasteiger partial charge in [0.05, 0.1) is 12.2 Å². The molecule has 3 heteroatoms. The highest BCUT2D eigenvalue weighted by Gasteiger charge is 2.65. The third-order valence-electron chi connectivity index (χ3n) is 10.6. The van der Waals surface area contributed by atoms with Crippen LogP contribution in [0.3, 0.4) is 0 Å². The molecule has 4 rings (SSSR count). The average molecular weight is 393 g/mol. The van der Waals surface area contributed by atoms with Crippen molar-refractivity contribution in [1.82, 2.24) is 0 Å². The normalized spacial score (nSPS) is 54.5. The number of hydrogen-bond acceptors (Lipinski definition) is 3. The van der Waals surface area contributed by atoms with E-state index < -0.39 is 0 Å². The van der Waals surface area contributed by atoms with E-state index >= 15 is 0 Å². The summed E-state index contributed by atoms with van der Waals surface area (Å²) in [7, 11) is 0. The van der Waals surface area contributed by atoms with Crippen LogP contribution in [0, 0.1) is 52.3 Å². The van der Waals surface area contributed by atoms with Crippen LogP contribution in [0.15, 0.2) is 0 Å². The Kier molecular flexibility index (Phi) is 5.69. The summed E-state index contributed by atoms with van der Waals surface area (Å²) in [5.41, 5.74) is 0.238. The quantitative estimate of drug-likeness (QED) is 0.653. The molecule has 28 heavy (non-hydrogen) atoms. The molecule has 11 atom stereocenters. The highest BCUT2D eigenvalue weighted by atomic mass is 16.3. The van der Waals surface area contributed by atoms with E-state index in [4.69, 9.17) is 0 Å². The van der Waals surface area contributed by atoms with Crippen molar-refractivity contribution in [2.24, 2.45) is 52.3 Å². The third kappa shape index (κ3) is 3.02. The number of aliphatic hydroxyl groups excluding tert-OH is 3. The summed E-state index contributed by atoms with van der Waals surface area (Å²) in [4.78, 5) is 0. The summed E-state index contributed by atoms with van der Waals surface area (Å²) in [5.74, 6) is 3.77. The van der Waals surface area contributed by atoms with E-state index in [1.165, 1.54) is 25.7 Å². The molecule has 162 valence electrons. The fourth-order valence-corrected chi connectivity index (χ4v) is 8.98. The first-order valence-corrected chi connectivity index (χ1v) is 12.2. The monoisotopic (exact) mass is 392 g/mol. The molecule has 0 aliphatic heterocycles. The van der Waals surface area contributed by atoms with E-state index in [9.17, 15) is 15.3 Å². The van der Waals surface area contributed by atoms with E-state index in [0.717, 1.165) is 38.0 Å². The Balaban J connectivity index is 1.62. The molecule has 0 spiro atoms. The van der Waals surface area contributed by atoms with Gasteiger partial charge in [-0.25, -0.2) is 0 Å². The topological polar surface area (TPSA) is 60.7 Å². The van der Waals surface area contributed by atoms with Crippen molar-refractivity contribution in [3.05, 3.63) is 0 Å². The Labute approximate surface area is 172 Å². The second kappa shape index (κ2) is 7.54.